The lowest BCUT2D eigenvalue weighted by molar-refractivity contribution is -0.124. The molecule has 210 valence electrons. The number of piperidine rings is 1. The van der Waals surface area contributed by atoms with Gasteiger partial charge in [0, 0.05) is 23.5 Å². The summed E-state index contributed by atoms with van der Waals surface area (Å²) in [6.07, 6.45) is 2.63. The maximum atomic E-state index is 14.7. The van der Waals surface area contributed by atoms with Crippen LogP contribution in [0.25, 0.3) is 11.0 Å². The van der Waals surface area contributed by atoms with E-state index in [0.29, 0.717) is 34.8 Å². The van der Waals surface area contributed by atoms with E-state index in [-0.39, 0.29) is 25.2 Å². The van der Waals surface area contributed by atoms with E-state index >= 15 is 0 Å². The van der Waals surface area contributed by atoms with Crippen LogP contribution in [0.3, 0.4) is 0 Å². The Balaban J connectivity index is 1.91. The minimum absolute atomic E-state index is 0.202. The van der Waals surface area contributed by atoms with Crippen LogP contribution in [0.15, 0.2) is 42.9 Å². The molecular weight excluding hydrogens is 546 g/mol. The van der Waals surface area contributed by atoms with Gasteiger partial charge in [0.05, 0.1) is 11.1 Å². The van der Waals surface area contributed by atoms with Crippen LogP contribution in [0.5, 0.6) is 0 Å². The number of benzene rings is 1. The molecule has 3 heterocycles. The second-order valence-corrected chi connectivity index (χ2v) is 12.5. The Hall–Kier alpha value is -3.26. The van der Waals surface area contributed by atoms with Gasteiger partial charge in [0.25, 0.3) is 5.91 Å². The van der Waals surface area contributed by atoms with E-state index in [2.05, 4.69) is 20.3 Å². The fraction of sp³-hybridized carbons (Fsp3) is 0.440. The molecule has 1 aromatic carbocycles. The Bertz CT molecular complexity index is 1450. The van der Waals surface area contributed by atoms with Gasteiger partial charge in [0.1, 0.15) is 23.1 Å². The van der Waals surface area contributed by atoms with E-state index < -0.39 is 38.9 Å². The quantitative estimate of drug-likeness (QED) is 0.386. The van der Waals surface area contributed by atoms with Crippen molar-refractivity contribution in [3.63, 3.8) is 0 Å². The monoisotopic (exact) mass is 577 g/mol. The number of aromatic nitrogens is 3. The summed E-state index contributed by atoms with van der Waals surface area (Å²) >= 11 is 6.09. The van der Waals surface area contributed by atoms with Crippen LogP contribution in [0, 0.1) is 0 Å². The smallest absolute Gasteiger partial charge is 0.417 e. The third-order valence-corrected chi connectivity index (χ3v) is 7.36. The zero-order valence-corrected chi connectivity index (χ0v) is 23.6. The molecule has 0 saturated carbocycles. The number of ether oxygens (including phenoxy) is 1. The van der Waals surface area contributed by atoms with Crippen LogP contribution in [0.2, 0.25) is 5.02 Å². The topological polar surface area (TPSA) is 164 Å². The van der Waals surface area contributed by atoms with E-state index in [9.17, 15) is 18.0 Å². The number of hydrogen-bond acceptors (Lipinski definition) is 8. The van der Waals surface area contributed by atoms with Crippen molar-refractivity contribution in [2.75, 3.05) is 35.2 Å². The van der Waals surface area contributed by atoms with Crippen LogP contribution in [-0.2, 0) is 19.6 Å². The highest BCUT2D eigenvalue weighted by Crippen LogP contribution is 2.38. The Morgan fingerprint density at radius 1 is 1.13 bits per heavy atom. The minimum atomic E-state index is -3.92. The van der Waals surface area contributed by atoms with Gasteiger partial charge in [0.15, 0.2) is 5.82 Å². The zero-order valence-electron chi connectivity index (χ0n) is 22.0. The number of carbonyl (C=O) groups is 2. The molecule has 0 unspecified atom stereocenters. The van der Waals surface area contributed by atoms with Crippen LogP contribution < -0.4 is 20.3 Å². The molecule has 39 heavy (non-hydrogen) atoms. The van der Waals surface area contributed by atoms with E-state index in [0.717, 1.165) is 0 Å². The summed E-state index contributed by atoms with van der Waals surface area (Å²) in [5.74, 6) is -0.783. The van der Waals surface area contributed by atoms with Crippen molar-refractivity contribution in [2.45, 2.75) is 44.8 Å². The molecule has 0 bridgehead atoms. The Morgan fingerprint density at radius 2 is 1.79 bits per heavy atom. The first-order valence-electron chi connectivity index (χ1n) is 12.4. The van der Waals surface area contributed by atoms with Gasteiger partial charge in [-0.05, 0) is 77.0 Å². The van der Waals surface area contributed by atoms with Crippen molar-refractivity contribution in [3.8, 4) is 0 Å². The summed E-state index contributed by atoms with van der Waals surface area (Å²) in [7, 11) is -3.92. The van der Waals surface area contributed by atoms with Gasteiger partial charge in [0.2, 0.25) is 10.0 Å². The van der Waals surface area contributed by atoms with Gasteiger partial charge >= 0.3 is 6.09 Å². The second kappa shape index (κ2) is 11.1. The molecule has 3 aromatic rings. The largest absolute Gasteiger partial charge is 0.443 e. The normalized spacial score (nSPS) is 15.6. The lowest BCUT2D eigenvalue weighted by Crippen LogP contribution is -2.66. The SMILES string of the molecule is CC(C)(C)OC(=O)N(c1ncnc2[nH]ccc12)C1(C(=O)N(CCS(N)(=O)=O)c2ccc(Cl)cc2)CCNCC1. The molecular formula is C25H32ClN7O5S. The van der Waals surface area contributed by atoms with Crippen LogP contribution in [0.4, 0.5) is 16.3 Å². The summed E-state index contributed by atoms with van der Waals surface area (Å²) in [6, 6.07) is 8.15. The molecule has 12 nitrogen and oxygen atoms in total. The van der Waals surface area contributed by atoms with E-state index in [4.69, 9.17) is 21.5 Å². The van der Waals surface area contributed by atoms with Crippen LogP contribution in [-0.4, -0.2) is 71.9 Å². The predicted molar refractivity (Wildman–Crippen MR) is 149 cm³/mol. The van der Waals surface area contributed by atoms with Gasteiger partial charge < -0.3 is 19.9 Å². The number of aromatic amines is 1. The number of nitrogens with one attached hydrogen (secondary N) is 2. The third-order valence-electron chi connectivity index (χ3n) is 6.36. The van der Waals surface area contributed by atoms with Crippen molar-refractivity contribution >= 4 is 56.2 Å². The van der Waals surface area contributed by atoms with Gasteiger partial charge in [-0.1, -0.05) is 11.6 Å². The number of H-pyrrole nitrogens is 1. The molecule has 1 fully saturated rings. The molecule has 2 amide bonds. The maximum absolute atomic E-state index is 14.7. The number of anilines is 2. The fourth-order valence-electron chi connectivity index (χ4n) is 4.62. The first kappa shape index (κ1) is 28.7. The standard InChI is InChI=1S/C25H32ClN7O5S/c1-24(2,3)38-23(35)33(21-19-8-11-29-20(19)30-16-31-21)25(9-12-28-13-10-25)22(34)32(14-15-39(27,36)37)18-6-4-17(26)5-7-18/h4-8,11,16,28H,9-10,12-15H2,1-3H3,(H2,27,36,37)(H,29,30,31). The molecule has 1 aliphatic rings. The minimum Gasteiger partial charge on any atom is -0.443 e. The van der Waals surface area contributed by atoms with Gasteiger partial charge in [-0.25, -0.2) is 33.2 Å². The van der Waals surface area contributed by atoms with Gasteiger partial charge in [-0.15, -0.1) is 0 Å². The van der Waals surface area contributed by atoms with Crippen LogP contribution >= 0.6 is 11.6 Å². The third kappa shape index (κ3) is 6.49. The molecule has 1 aliphatic heterocycles. The average molecular weight is 578 g/mol. The lowest BCUT2D eigenvalue weighted by Gasteiger charge is -2.46. The molecule has 0 atom stereocenters. The van der Waals surface area contributed by atoms with Crippen molar-refractivity contribution < 1.29 is 22.7 Å². The van der Waals surface area contributed by atoms with Gasteiger partial charge in [-0.3, -0.25) is 4.79 Å². The van der Waals surface area contributed by atoms with E-state index in [1.165, 1.54) is 16.1 Å². The molecule has 0 radical (unpaired) electrons. The number of fused-ring (bicyclic) bond motifs is 1. The summed E-state index contributed by atoms with van der Waals surface area (Å²) in [5, 5.41) is 9.52. The predicted octanol–water partition coefficient (Wildman–Crippen LogP) is 2.80. The molecule has 0 aliphatic carbocycles. The summed E-state index contributed by atoms with van der Waals surface area (Å²) in [4.78, 5) is 43.0. The molecule has 4 rings (SSSR count). The average Bonchev–Trinajstić information content (AvgIpc) is 3.34. The number of hydrogen-bond donors (Lipinski definition) is 3. The number of primary sulfonamides is 1. The highest BCUT2D eigenvalue weighted by atomic mass is 35.5. The van der Waals surface area contributed by atoms with Gasteiger partial charge in [-0.2, -0.15) is 0 Å². The number of rotatable bonds is 7. The molecule has 2 aromatic heterocycles. The van der Waals surface area contributed by atoms with E-state index in [1.807, 2.05) is 0 Å². The Kier molecular flexibility index (Phi) is 8.17. The highest BCUT2D eigenvalue weighted by molar-refractivity contribution is 7.89. The molecule has 14 heteroatoms. The molecule has 4 N–H and O–H groups in total. The lowest BCUT2D eigenvalue weighted by atomic mass is 9.84. The highest BCUT2D eigenvalue weighted by Gasteiger charge is 2.52. The van der Waals surface area contributed by atoms with Crippen molar-refractivity contribution in [1.82, 2.24) is 20.3 Å². The first-order chi connectivity index (χ1) is 18.3. The first-order valence-corrected chi connectivity index (χ1v) is 14.5. The molecule has 1 saturated heterocycles. The summed E-state index contributed by atoms with van der Waals surface area (Å²) in [5.41, 5.74) is -1.47. The fourth-order valence-corrected chi connectivity index (χ4v) is 5.18. The molecule has 0 spiro atoms. The second-order valence-electron chi connectivity index (χ2n) is 10.3. The summed E-state index contributed by atoms with van der Waals surface area (Å²) in [6.45, 7) is 5.79. The number of halogens is 1. The van der Waals surface area contributed by atoms with E-state index in [1.54, 1.807) is 57.3 Å². The number of nitrogens with two attached hydrogens (primary N) is 1. The van der Waals surface area contributed by atoms with Crippen molar-refractivity contribution in [3.05, 3.63) is 47.9 Å². The van der Waals surface area contributed by atoms with Crippen molar-refractivity contribution in [1.29, 1.82) is 0 Å². The number of amides is 2. The number of sulfonamides is 1. The van der Waals surface area contributed by atoms with Crippen LogP contribution in [0.1, 0.15) is 33.6 Å². The number of carbonyl (C=O) groups excluding carboxylic acids is 2. The van der Waals surface area contributed by atoms with Crippen molar-refractivity contribution in [2.24, 2.45) is 5.14 Å². The number of nitrogens with zero attached hydrogens (tertiary/aromatic N) is 4. The Morgan fingerprint density at radius 3 is 2.41 bits per heavy atom. The summed E-state index contributed by atoms with van der Waals surface area (Å²) < 4.78 is 29.7. The zero-order chi connectivity index (χ0) is 28.4. The Labute approximate surface area is 231 Å². The maximum Gasteiger partial charge on any atom is 0.417 e.